The third kappa shape index (κ3) is 1.42. The van der Waals surface area contributed by atoms with Crippen LogP contribution >= 0.6 is 12.4 Å². The molecule has 0 heterocycles. The molecule has 0 saturated heterocycles. The minimum Gasteiger partial charge on any atom is -0.398 e. The zero-order valence-corrected chi connectivity index (χ0v) is 8.08. The van der Waals surface area contributed by atoms with Crippen LogP contribution in [0.2, 0.25) is 0 Å². The minimum absolute atomic E-state index is 0. The van der Waals surface area contributed by atoms with Gasteiger partial charge in [0.15, 0.2) is 0 Å². The first-order valence-corrected chi connectivity index (χ1v) is 4.15. The van der Waals surface area contributed by atoms with Crippen molar-refractivity contribution >= 4 is 18.1 Å². The molecule has 0 aromatic heterocycles. The molecule has 1 aromatic rings. The number of nitrogens with two attached hydrogens (primary N) is 1. The highest BCUT2D eigenvalue weighted by molar-refractivity contribution is 5.85. The summed E-state index contributed by atoms with van der Waals surface area (Å²) >= 11 is 0. The van der Waals surface area contributed by atoms with E-state index in [0.717, 1.165) is 5.69 Å². The van der Waals surface area contributed by atoms with E-state index < -0.39 is 0 Å². The summed E-state index contributed by atoms with van der Waals surface area (Å²) < 4.78 is 0. The number of benzene rings is 1. The van der Waals surface area contributed by atoms with Gasteiger partial charge in [-0.2, -0.15) is 0 Å². The van der Waals surface area contributed by atoms with Crippen molar-refractivity contribution in [2.75, 3.05) is 5.73 Å². The second-order valence-electron chi connectivity index (χ2n) is 3.35. The molecule has 0 radical (unpaired) electrons. The van der Waals surface area contributed by atoms with Gasteiger partial charge in [0.1, 0.15) is 0 Å². The van der Waals surface area contributed by atoms with E-state index in [-0.39, 0.29) is 12.4 Å². The van der Waals surface area contributed by atoms with Crippen LogP contribution in [0.5, 0.6) is 0 Å². The van der Waals surface area contributed by atoms with Crippen molar-refractivity contribution in [3.05, 3.63) is 28.8 Å². The average Bonchev–Trinajstić information content (AvgIpc) is 2.34. The highest BCUT2D eigenvalue weighted by Crippen LogP contribution is 2.28. The van der Waals surface area contributed by atoms with E-state index in [1.54, 1.807) is 0 Å². The molecule has 2 heteroatoms. The van der Waals surface area contributed by atoms with Crippen molar-refractivity contribution in [3.63, 3.8) is 0 Å². The quantitative estimate of drug-likeness (QED) is 0.615. The van der Waals surface area contributed by atoms with Gasteiger partial charge in [-0.15, -0.1) is 12.4 Å². The van der Waals surface area contributed by atoms with Gasteiger partial charge in [-0.1, -0.05) is 6.07 Å². The Labute approximate surface area is 79.4 Å². The molecular formula is C10H14ClN. The monoisotopic (exact) mass is 183 g/mol. The number of hydrogen-bond donors (Lipinski definition) is 1. The van der Waals surface area contributed by atoms with E-state index in [1.807, 2.05) is 0 Å². The predicted molar refractivity (Wildman–Crippen MR) is 54.9 cm³/mol. The second-order valence-corrected chi connectivity index (χ2v) is 3.35. The lowest BCUT2D eigenvalue weighted by Crippen LogP contribution is -1.93. The third-order valence-corrected chi connectivity index (χ3v) is 2.39. The maximum absolute atomic E-state index is 5.87. The molecule has 0 unspecified atom stereocenters. The van der Waals surface area contributed by atoms with Crippen LogP contribution < -0.4 is 5.73 Å². The molecule has 1 aliphatic carbocycles. The molecule has 0 atom stereocenters. The van der Waals surface area contributed by atoms with Gasteiger partial charge in [0.05, 0.1) is 0 Å². The van der Waals surface area contributed by atoms with E-state index in [4.69, 9.17) is 5.73 Å². The summed E-state index contributed by atoms with van der Waals surface area (Å²) in [4.78, 5) is 0. The Bertz CT molecular complexity index is 294. The second kappa shape index (κ2) is 3.36. The summed E-state index contributed by atoms with van der Waals surface area (Å²) in [6, 6.07) is 4.34. The molecule has 0 amide bonds. The van der Waals surface area contributed by atoms with Crippen molar-refractivity contribution in [2.45, 2.75) is 26.2 Å². The lowest BCUT2D eigenvalue weighted by molar-refractivity contribution is 0.912. The first-order valence-electron chi connectivity index (χ1n) is 4.15. The molecule has 1 aromatic carbocycles. The molecule has 0 aliphatic heterocycles. The maximum atomic E-state index is 5.87. The number of fused-ring (bicyclic) bond motifs is 1. The zero-order chi connectivity index (χ0) is 7.84. The number of rotatable bonds is 0. The Kier molecular flexibility index (Phi) is 2.63. The summed E-state index contributed by atoms with van der Waals surface area (Å²) in [5, 5.41) is 0. The van der Waals surface area contributed by atoms with Crippen LogP contribution in [0.1, 0.15) is 23.1 Å². The van der Waals surface area contributed by atoms with Crippen LogP contribution in [0.4, 0.5) is 5.69 Å². The summed E-state index contributed by atoms with van der Waals surface area (Å²) in [6.07, 6.45) is 3.69. The van der Waals surface area contributed by atoms with E-state index in [9.17, 15) is 0 Å². The standard InChI is InChI=1S/C10H13N.ClH/c1-7-5-8-3-2-4-9(8)10(11)6-7;/h5-6H,2-4,11H2,1H3;1H. The highest BCUT2D eigenvalue weighted by Gasteiger charge is 2.13. The van der Waals surface area contributed by atoms with Gasteiger partial charge in [-0.3, -0.25) is 0 Å². The van der Waals surface area contributed by atoms with Gasteiger partial charge in [-0.25, -0.2) is 0 Å². The Hall–Kier alpha value is -0.690. The van der Waals surface area contributed by atoms with E-state index in [1.165, 1.54) is 36.0 Å². The van der Waals surface area contributed by atoms with Crippen LogP contribution in [-0.4, -0.2) is 0 Å². The first kappa shape index (κ1) is 9.40. The van der Waals surface area contributed by atoms with Crippen LogP contribution in [0, 0.1) is 6.92 Å². The number of hydrogen-bond acceptors (Lipinski definition) is 1. The van der Waals surface area contributed by atoms with E-state index >= 15 is 0 Å². The number of aryl methyl sites for hydroxylation is 2. The molecule has 0 fully saturated rings. The van der Waals surface area contributed by atoms with Gasteiger partial charge in [0.25, 0.3) is 0 Å². The van der Waals surface area contributed by atoms with Gasteiger partial charge in [0, 0.05) is 5.69 Å². The maximum Gasteiger partial charge on any atom is 0.0351 e. The Morgan fingerprint density at radius 2 is 2.00 bits per heavy atom. The summed E-state index contributed by atoms with van der Waals surface area (Å²) in [6.45, 7) is 2.11. The molecular weight excluding hydrogens is 170 g/mol. The molecule has 0 spiro atoms. The molecule has 12 heavy (non-hydrogen) atoms. The largest absolute Gasteiger partial charge is 0.398 e. The lowest BCUT2D eigenvalue weighted by Gasteiger charge is -2.04. The Morgan fingerprint density at radius 3 is 2.75 bits per heavy atom. The van der Waals surface area contributed by atoms with Crippen molar-refractivity contribution in [1.82, 2.24) is 0 Å². The van der Waals surface area contributed by atoms with E-state index in [2.05, 4.69) is 19.1 Å². The smallest absolute Gasteiger partial charge is 0.0351 e. The molecule has 1 nitrogen and oxygen atoms in total. The summed E-state index contributed by atoms with van der Waals surface area (Å²) in [5.41, 5.74) is 11.0. The lowest BCUT2D eigenvalue weighted by atomic mass is 10.1. The topological polar surface area (TPSA) is 26.0 Å². The summed E-state index contributed by atoms with van der Waals surface area (Å²) in [5.74, 6) is 0. The fourth-order valence-corrected chi connectivity index (χ4v) is 1.90. The van der Waals surface area contributed by atoms with Gasteiger partial charge in [-0.05, 0) is 48.9 Å². The van der Waals surface area contributed by atoms with Crippen LogP contribution in [0.15, 0.2) is 12.1 Å². The predicted octanol–water partition coefficient (Wildman–Crippen LogP) is 2.49. The molecule has 66 valence electrons. The Balaban J connectivity index is 0.000000720. The first-order chi connectivity index (χ1) is 5.27. The van der Waals surface area contributed by atoms with Crippen molar-refractivity contribution in [1.29, 1.82) is 0 Å². The zero-order valence-electron chi connectivity index (χ0n) is 7.26. The molecule has 2 N–H and O–H groups in total. The number of nitrogen functional groups attached to an aromatic ring is 1. The molecule has 1 aliphatic rings. The molecule has 0 bridgehead atoms. The SMILES string of the molecule is Cc1cc(N)c2c(c1)CCC2.Cl. The van der Waals surface area contributed by atoms with Crippen molar-refractivity contribution in [2.24, 2.45) is 0 Å². The van der Waals surface area contributed by atoms with Crippen LogP contribution in [0.3, 0.4) is 0 Å². The highest BCUT2D eigenvalue weighted by atomic mass is 35.5. The molecule has 0 saturated carbocycles. The van der Waals surface area contributed by atoms with Gasteiger partial charge >= 0.3 is 0 Å². The van der Waals surface area contributed by atoms with Gasteiger partial charge in [0.2, 0.25) is 0 Å². The summed E-state index contributed by atoms with van der Waals surface area (Å²) in [7, 11) is 0. The average molecular weight is 184 g/mol. The van der Waals surface area contributed by atoms with E-state index in [0.29, 0.717) is 0 Å². The van der Waals surface area contributed by atoms with Crippen LogP contribution in [0.25, 0.3) is 0 Å². The van der Waals surface area contributed by atoms with Crippen molar-refractivity contribution in [3.8, 4) is 0 Å². The number of halogens is 1. The number of anilines is 1. The fourth-order valence-electron chi connectivity index (χ4n) is 1.90. The normalized spacial score (nSPS) is 13.8. The molecule has 2 rings (SSSR count). The Morgan fingerprint density at radius 1 is 1.25 bits per heavy atom. The van der Waals surface area contributed by atoms with Crippen LogP contribution in [-0.2, 0) is 12.8 Å². The van der Waals surface area contributed by atoms with Gasteiger partial charge < -0.3 is 5.73 Å². The third-order valence-electron chi connectivity index (χ3n) is 2.39. The van der Waals surface area contributed by atoms with Crippen molar-refractivity contribution < 1.29 is 0 Å². The fraction of sp³-hybridized carbons (Fsp3) is 0.400. The minimum atomic E-state index is 0.